The highest BCUT2D eigenvalue weighted by Gasteiger charge is 2.41. The van der Waals surface area contributed by atoms with Crippen LogP contribution in [0.4, 0.5) is 0 Å². The molecule has 2 aromatic carbocycles. The quantitative estimate of drug-likeness (QED) is 0.349. The number of amides is 2. The highest BCUT2D eigenvalue weighted by Crippen LogP contribution is 2.28. The highest BCUT2D eigenvalue weighted by atomic mass is 16.5. The minimum atomic E-state index is -1.06. The van der Waals surface area contributed by atoms with E-state index in [9.17, 15) is 14.4 Å². The summed E-state index contributed by atoms with van der Waals surface area (Å²) >= 11 is 0. The number of rotatable bonds is 9. The van der Waals surface area contributed by atoms with Gasteiger partial charge in [0.25, 0.3) is 0 Å². The molecule has 162 valence electrons. The van der Waals surface area contributed by atoms with Gasteiger partial charge in [-0.3, -0.25) is 19.8 Å². The van der Waals surface area contributed by atoms with Gasteiger partial charge in [-0.05, 0) is 29.7 Å². The summed E-state index contributed by atoms with van der Waals surface area (Å²) in [4.78, 5) is 36.1. The molecular formula is C22H24N4O5. The van der Waals surface area contributed by atoms with Gasteiger partial charge in [0.15, 0.2) is 0 Å². The maximum Gasteiger partial charge on any atom is 0.304 e. The van der Waals surface area contributed by atoms with E-state index in [0.29, 0.717) is 17.7 Å². The average Bonchev–Trinajstić information content (AvgIpc) is 3.00. The van der Waals surface area contributed by atoms with Crippen LogP contribution < -0.4 is 16.2 Å². The van der Waals surface area contributed by atoms with E-state index >= 15 is 0 Å². The summed E-state index contributed by atoms with van der Waals surface area (Å²) in [6, 6.07) is 14.2. The van der Waals surface area contributed by atoms with Gasteiger partial charge >= 0.3 is 5.97 Å². The van der Waals surface area contributed by atoms with Gasteiger partial charge in [-0.15, -0.1) is 0 Å². The Morgan fingerprint density at radius 3 is 2.16 bits per heavy atom. The van der Waals surface area contributed by atoms with Gasteiger partial charge in [-0.25, -0.2) is 0 Å². The molecule has 2 amide bonds. The van der Waals surface area contributed by atoms with Gasteiger partial charge in [-0.1, -0.05) is 36.4 Å². The fraction of sp³-hybridized carbons (Fsp3) is 0.273. The summed E-state index contributed by atoms with van der Waals surface area (Å²) in [5.74, 6) is -2.21. The highest BCUT2D eigenvalue weighted by molar-refractivity contribution is 5.95. The number of benzene rings is 2. The van der Waals surface area contributed by atoms with Crippen LogP contribution in [-0.2, 0) is 14.4 Å². The lowest BCUT2D eigenvalue weighted by atomic mass is 10.0. The van der Waals surface area contributed by atoms with Crippen LogP contribution in [0, 0.1) is 11.3 Å². The minimum absolute atomic E-state index is 0.0108. The summed E-state index contributed by atoms with van der Waals surface area (Å²) in [5.41, 5.74) is 13.3. The SMILES string of the molecule is N=C(N)c1ccc(-c2ccc(OC[C@@H]3C[C@@H](CC(=O)O)C(=O)N3CC(N)=O)cc2)cc1. The van der Waals surface area contributed by atoms with Crippen molar-refractivity contribution in [2.24, 2.45) is 17.4 Å². The second-order valence-electron chi connectivity index (χ2n) is 7.44. The molecule has 1 fully saturated rings. The lowest BCUT2D eigenvalue weighted by molar-refractivity contribution is -0.142. The molecule has 0 aromatic heterocycles. The van der Waals surface area contributed by atoms with Crippen molar-refractivity contribution in [2.45, 2.75) is 18.9 Å². The number of carbonyl (C=O) groups is 3. The fourth-order valence-electron chi connectivity index (χ4n) is 3.66. The molecule has 0 spiro atoms. The number of nitrogens with zero attached hydrogens (tertiary/aromatic N) is 1. The summed E-state index contributed by atoms with van der Waals surface area (Å²) in [7, 11) is 0. The van der Waals surface area contributed by atoms with E-state index in [-0.39, 0.29) is 31.3 Å². The molecule has 0 bridgehead atoms. The number of likely N-dealkylation sites (tertiary alicyclic amines) is 1. The average molecular weight is 424 g/mol. The predicted octanol–water partition coefficient (Wildman–Crippen LogP) is 1.19. The molecule has 0 aliphatic carbocycles. The number of aliphatic carboxylic acids is 1. The Kier molecular flexibility index (Phi) is 6.54. The molecule has 1 aliphatic rings. The maximum absolute atomic E-state index is 12.4. The molecule has 0 unspecified atom stereocenters. The Balaban J connectivity index is 1.65. The first-order valence-corrected chi connectivity index (χ1v) is 9.73. The van der Waals surface area contributed by atoms with Crippen LogP contribution in [0.25, 0.3) is 11.1 Å². The Morgan fingerprint density at radius 1 is 1.06 bits per heavy atom. The number of ether oxygens (including phenoxy) is 1. The van der Waals surface area contributed by atoms with E-state index in [1.54, 1.807) is 24.3 Å². The van der Waals surface area contributed by atoms with Gasteiger partial charge in [0.05, 0.1) is 24.9 Å². The molecule has 1 heterocycles. The Hall–Kier alpha value is -3.88. The lowest BCUT2D eigenvalue weighted by Crippen LogP contribution is -2.42. The monoisotopic (exact) mass is 424 g/mol. The minimum Gasteiger partial charge on any atom is -0.491 e. The molecule has 3 rings (SSSR count). The smallest absolute Gasteiger partial charge is 0.304 e. The van der Waals surface area contributed by atoms with Crippen molar-refractivity contribution in [1.82, 2.24) is 4.90 Å². The molecular weight excluding hydrogens is 400 g/mol. The zero-order chi connectivity index (χ0) is 22.5. The second kappa shape index (κ2) is 9.29. The summed E-state index contributed by atoms with van der Waals surface area (Å²) in [6.45, 7) is -0.139. The summed E-state index contributed by atoms with van der Waals surface area (Å²) in [6.07, 6.45) is 0.000699. The largest absolute Gasteiger partial charge is 0.491 e. The van der Waals surface area contributed by atoms with Gasteiger partial charge in [0.2, 0.25) is 11.8 Å². The summed E-state index contributed by atoms with van der Waals surface area (Å²) < 4.78 is 5.81. The molecule has 6 N–H and O–H groups in total. The third-order valence-electron chi connectivity index (χ3n) is 5.20. The number of nitrogen functional groups attached to an aromatic ring is 1. The fourth-order valence-corrected chi connectivity index (χ4v) is 3.66. The van der Waals surface area contributed by atoms with E-state index in [0.717, 1.165) is 11.1 Å². The lowest BCUT2D eigenvalue weighted by Gasteiger charge is -2.23. The normalized spacial score (nSPS) is 18.1. The number of primary amides is 1. The van der Waals surface area contributed by atoms with Crippen molar-refractivity contribution in [3.63, 3.8) is 0 Å². The molecule has 1 saturated heterocycles. The van der Waals surface area contributed by atoms with Crippen LogP contribution in [0.5, 0.6) is 5.75 Å². The Morgan fingerprint density at radius 2 is 1.65 bits per heavy atom. The van der Waals surface area contributed by atoms with Crippen molar-refractivity contribution >= 4 is 23.6 Å². The van der Waals surface area contributed by atoms with Crippen LogP contribution in [-0.4, -0.2) is 52.8 Å². The Labute approximate surface area is 179 Å². The molecule has 0 radical (unpaired) electrons. The first-order chi connectivity index (χ1) is 14.7. The zero-order valence-electron chi connectivity index (χ0n) is 16.8. The van der Waals surface area contributed by atoms with Gasteiger partial charge in [0.1, 0.15) is 18.2 Å². The van der Waals surface area contributed by atoms with Crippen LogP contribution in [0.3, 0.4) is 0 Å². The first-order valence-electron chi connectivity index (χ1n) is 9.73. The maximum atomic E-state index is 12.4. The van der Waals surface area contributed by atoms with Crippen molar-refractivity contribution in [1.29, 1.82) is 5.41 Å². The van der Waals surface area contributed by atoms with Gasteiger partial charge < -0.3 is 26.2 Å². The second-order valence-corrected chi connectivity index (χ2v) is 7.44. The molecule has 9 heteroatoms. The number of carboxylic acids is 1. The van der Waals surface area contributed by atoms with E-state index in [2.05, 4.69) is 0 Å². The van der Waals surface area contributed by atoms with Crippen molar-refractivity contribution < 1.29 is 24.2 Å². The number of nitrogens with two attached hydrogens (primary N) is 2. The number of amidine groups is 1. The predicted molar refractivity (Wildman–Crippen MR) is 113 cm³/mol. The van der Waals surface area contributed by atoms with Crippen LogP contribution in [0.15, 0.2) is 48.5 Å². The number of carboxylic acid groups (broad SMARTS) is 1. The van der Waals surface area contributed by atoms with Crippen LogP contribution >= 0.6 is 0 Å². The number of nitrogens with one attached hydrogen (secondary N) is 1. The van der Waals surface area contributed by atoms with Crippen molar-refractivity contribution in [2.75, 3.05) is 13.2 Å². The number of carbonyl (C=O) groups excluding carboxylic acids is 2. The van der Waals surface area contributed by atoms with Crippen LogP contribution in [0.1, 0.15) is 18.4 Å². The topological polar surface area (TPSA) is 160 Å². The van der Waals surface area contributed by atoms with Crippen molar-refractivity contribution in [3.05, 3.63) is 54.1 Å². The van der Waals surface area contributed by atoms with Gasteiger partial charge in [-0.2, -0.15) is 0 Å². The molecule has 1 aliphatic heterocycles. The number of hydrogen-bond acceptors (Lipinski definition) is 5. The van der Waals surface area contributed by atoms with E-state index in [4.69, 9.17) is 26.7 Å². The van der Waals surface area contributed by atoms with E-state index in [1.807, 2.05) is 24.3 Å². The molecule has 0 saturated carbocycles. The standard InChI is InChI=1S/C22H24N4O5/c23-19(27)11-26-17(9-16(22(26)30)10-20(28)29)12-31-18-7-5-14(6-8-18)13-1-3-15(4-2-13)21(24)25/h1-8,16-17H,9-12H2,(H2,23,27)(H3,24,25)(H,28,29)/t16-,17-/m0/s1. The number of hydrogen-bond donors (Lipinski definition) is 4. The molecule has 2 atom stereocenters. The van der Waals surface area contributed by atoms with Crippen molar-refractivity contribution in [3.8, 4) is 16.9 Å². The molecule has 2 aromatic rings. The van der Waals surface area contributed by atoms with E-state index in [1.165, 1.54) is 4.90 Å². The molecule has 9 nitrogen and oxygen atoms in total. The zero-order valence-corrected chi connectivity index (χ0v) is 16.8. The Bertz CT molecular complexity index is 988. The van der Waals surface area contributed by atoms with Crippen LogP contribution in [0.2, 0.25) is 0 Å². The third kappa shape index (κ3) is 5.39. The summed E-state index contributed by atoms with van der Waals surface area (Å²) in [5, 5.41) is 16.5. The van der Waals surface area contributed by atoms with E-state index < -0.39 is 23.8 Å². The molecule has 31 heavy (non-hydrogen) atoms. The first kappa shape index (κ1) is 21.8. The van der Waals surface area contributed by atoms with Gasteiger partial charge in [0, 0.05) is 5.56 Å². The third-order valence-corrected chi connectivity index (χ3v) is 5.20.